The minimum absolute atomic E-state index is 0.198. The van der Waals surface area contributed by atoms with E-state index >= 15 is 0 Å². The van der Waals surface area contributed by atoms with E-state index in [9.17, 15) is 4.79 Å². The van der Waals surface area contributed by atoms with Gasteiger partial charge in [-0.25, -0.2) is 0 Å². The van der Waals surface area contributed by atoms with Crippen LogP contribution in [0.5, 0.6) is 5.75 Å². The van der Waals surface area contributed by atoms with Gasteiger partial charge in [0, 0.05) is 10.0 Å². The van der Waals surface area contributed by atoms with Crippen LogP contribution in [0.2, 0.25) is 0 Å². The van der Waals surface area contributed by atoms with Gasteiger partial charge in [0.15, 0.2) is 0 Å². The summed E-state index contributed by atoms with van der Waals surface area (Å²) < 4.78 is 6.32. The zero-order chi connectivity index (χ0) is 14.4. The minimum Gasteiger partial charge on any atom is -0.494 e. The van der Waals surface area contributed by atoms with Gasteiger partial charge in [-0.1, -0.05) is 15.9 Å². The van der Waals surface area contributed by atoms with Crippen molar-refractivity contribution in [3.8, 4) is 5.75 Å². The van der Waals surface area contributed by atoms with Crippen molar-refractivity contribution in [1.29, 1.82) is 0 Å². The molecule has 0 unspecified atom stereocenters. The van der Waals surface area contributed by atoms with Crippen LogP contribution >= 0.6 is 15.9 Å². The highest BCUT2D eigenvalue weighted by Gasteiger charge is 2.05. The fourth-order valence-corrected chi connectivity index (χ4v) is 1.87. The number of hydrogen-bond acceptors (Lipinski definition) is 3. The maximum Gasteiger partial charge on any atom is 0.269 e. The Balaban J connectivity index is 1.92. The van der Waals surface area contributed by atoms with Crippen LogP contribution in [0.4, 0.5) is 5.69 Å². The molecule has 0 atom stereocenters. The first-order chi connectivity index (χ1) is 9.69. The third-order valence-electron chi connectivity index (χ3n) is 2.59. The second-order valence-electron chi connectivity index (χ2n) is 4.04. The van der Waals surface area contributed by atoms with Gasteiger partial charge in [0.2, 0.25) is 0 Å². The molecule has 2 aromatic carbocycles. The maximum absolute atomic E-state index is 11.9. The molecule has 0 aliphatic rings. The van der Waals surface area contributed by atoms with Gasteiger partial charge in [-0.2, -0.15) is 0 Å². The van der Waals surface area contributed by atoms with Crippen LogP contribution in [0.15, 0.2) is 53.0 Å². The minimum atomic E-state index is -0.198. The molecule has 0 heterocycles. The van der Waals surface area contributed by atoms with Crippen molar-refractivity contribution in [1.82, 2.24) is 5.43 Å². The Morgan fingerprint density at radius 1 is 1.10 bits per heavy atom. The summed E-state index contributed by atoms with van der Waals surface area (Å²) in [6.07, 6.45) is 0. The molecule has 0 saturated carbocycles. The van der Waals surface area contributed by atoms with E-state index < -0.39 is 0 Å². The van der Waals surface area contributed by atoms with Crippen molar-refractivity contribution in [2.75, 3.05) is 12.0 Å². The van der Waals surface area contributed by atoms with Crippen LogP contribution in [0.1, 0.15) is 17.3 Å². The summed E-state index contributed by atoms with van der Waals surface area (Å²) in [6.45, 7) is 2.53. The van der Waals surface area contributed by atoms with Crippen molar-refractivity contribution < 1.29 is 9.53 Å². The van der Waals surface area contributed by atoms with E-state index in [2.05, 4.69) is 26.8 Å². The summed E-state index contributed by atoms with van der Waals surface area (Å²) in [4.78, 5) is 11.9. The predicted molar refractivity (Wildman–Crippen MR) is 82.8 cm³/mol. The van der Waals surface area contributed by atoms with Crippen molar-refractivity contribution >= 4 is 27.5 Å². The van der Waals surface area contributed by atoms with E-state index in [-0.39, 0.29) is 5.91 Å². The molecule has 0 bridgehead atoms. The van der Waals surface area contributed by atoms with Crippen LogP contribution in [0.25, 0.3) is 0 Å². The van der Waals surface area contributed by atoms with Gasteiger partial charge in [0.05, 0.1) is 12.3 Å². The monoisotopic (exact) mass is 334 g/mol. The maximum atomic E-state index is 11.9. The highest BCUT2D eigenvalue weighted by molar-refractivity contribution is 9.10. The Hall–Kier alpha value is -2.01. The first-order valence-corrected chi connectivity index (χ1v) is 7.03. The number of hydrogen-bond donors (Lipinski definition) is 2. The van der Waals surface area contributed by atoms with Crippen LogP contribution in [-0.2, 0) is 0 Å². The van der Waals surface area contributed by atoms with E-state index in [0.717, 1.165) is 15.9 Å². The molecule has 0 aliphatic heterocycles. The van der Waals surface area contributed by atoms with Gasteiger partial charge in [-0.15, -0.1) is 0 Å². The summed E-state index contributed by atoms with van der Waals surface area (Å²) in [6, 6.07) is 14.5. The number of halogens is 1. The van der Waals surface area contributed by atoms with E-state index in [1.54, 1.807) is 24.3 Å². The number of hydrazine groups is 1. The molecule has 0 fully saturated rings. The standard InChI is InChI=1S/C15H15BrN2O2/c1-2-20-14-9-3-11(4-10-14)15(19)18-17-13-7-5-12(16)6-8-13/h3-10,17H,2H2,1H3,(H,18,19). The Bertz CT molecular complexity index is 567. The molecule has 0 spiro atoms. The Morgan fingerprint density at radius 3 is 2.35 bits per heavy atom. The number of benzene rings is 2. The van der Waals surface area contributed by atoms with Gasteiger partial charge in [0.25, 0.3) is 5.91 Å². The van der Waals surface area contributed by atoms with E-state index in [1.807, 2.05) is 31.2 Å². The Labute approximate surface area is 126 Å². The lowest BCUT2D eigenvalue weighted by Gasteiger charge is -2.09. The normalized spacial score (nSPS) is 9.90. The molecule has 4 nitrogen and oxygen atoms in total. The molecule has 2 rings (SSSR count). The molecule has 2 N–H and O–H groups in total. The van der Waals surface area contributed by atoms with Crippen LogP contribution in [-0.4, -0.2) is 12.5 Å². The molecule has 104 valence electrons. The lowest BCUT2D eigenvalue weighted by molar-refractivity contribution is 0.0962. The fraction of sp³-hybridized carbons (Fsp3) is 0.133. The van der Waals surface area contributed by atoms with Gasteiger partial charge in [0.1, 0.15) is 5.75 Å². The smallest absolute Gasteiger partial charge is 0.269 e. The third kappa shape index (κ3) is 3.99. The van der Waals surface area contributed by atoms with Gasteiger partial charge < -0.3 is 4.74 Å². The SMILES string of the molecule is CCOc1ccc(C(=O)NNc2ccc(Br)cc2)cc1. The molecule has 0 aromatic heterocycles. The zero-order valence-electron chi connectivity index (χ0n) is 11.0. The van der Waals surface area contributed by atoms with Crippen LogP contribution in [0, 0.1) is 0 Å². The number of nitrogens with one attached hydrogen (secondary N) is 2. The first-order valence-electron chi connectivity index (χ1n) is 6.24. The van der Waals surface area contributed by atoms with Gasteiger partial charge in [-0.05, 0) is 55.5 Å². The Morgan fingerprint density at radius 2 is 1.75 bits per heavy atom. The van der Waals surface area contributed by atoms with Crippen molar-refractivity contribution in [3.05, 3.63) is 58.6 Å². The highest BCUT2D eigenvalue weighted by Crippen LogP contribution is 2.14. The summed E-state index contributed by atoms with van der Waals surface area (Å²) in [5.74, 6) is 0.556. The molecule has 20 heavy (non-hydrogen) atoms. The molecular formula is C15H15BrN2O2. The lowest BCUT2D eigenvalue weighted by atomic mass is 10.2. The zero-order valence-corrected chi connectivity index (χ0v) is 12.6. The third-order valence-corrected chi connectivity index (χ3v) is 3.12. The number of ether oxygens (including phenoxy) is 1. The topological polar surface area (TPSA) is 50.4 Å². The quantitative estimate of drug-likeness (QED) is 0.821. The number of rotatable bonds is 5. The Kier molecular flexibility index (Phi) is 5.01. The largest absolute Gasteiger partial charge is 0.494 e. The molecule has 0 radical (unpaired) electrons. The summed E-state index contributed by atoms with van der Waals surface area (Å²) in [5.41, 5.74) is 6.88. The van der Waals surface area contributed by atoms with E-state index in [4.69, 9.17) is 4.74 Å². The molecular weight excluding hydrogens is 320 g/mol. The molecule has 2 aromatic rings. The predicted octanol–water partition coefficient (Wildman–Crippen LogP) is 3.60. The number of anilines is 1. The second kappa shape index (κ2) is 6.96. The number of amides is 1. The van der Waals surface area contributed by atoms with Crippen molar-refractivity contribution in [3.63, 3.8) is 0 Å². The summed E-state index contributed by atoms with van der Waals surface area (Å²) >= 11 is 3.35. The van der Waals surface area contributed by atoms with E-state index in [1.165, 1.54) is 0 Å². The molecule has 0 aliphatic carbocycles. The van der Waals surface area contributed by atoms with E-state index in [0.29, 0.717) is 12.2 Å². The number of carbonyl (C=O) groups is 1. The average Bonchev–Trinajstić information content (AvgIpc) is 2.47. The molecule has 0 saturated heterocycles. The fourth-order valence-electron chi connectivity index (χ4n) is 1.60. The second-order valence-corrected chi connectivity index (χ2v) is 4.96. The summed E-state index contributed by atoms with van der Waals surface area (Å²) in [5, 5.41) is 0. The van der Waals surface area contributed by atoms with Gasteiger partial charge in [-0.3, -0.25) is 15.6 Å². The molecule has 5 heteroatoms. The van der Waals surface area contributed by atoms with Crippen LogP contribution in [0.3, 0.4) is 0 Å². The highest BCUT2D eigenvalue weighted by atomic mass is 79.9. The molecule has 1 amide bonds. The van der Waals surface area contributed by atoms with Crippen molar-refractivity contribution in [2.24, 2.45) is 0 Å². The first kappa shape index (κ1) is 14.4. The lowest BCUT2D eigenvalue weighted by Crippen LogP contribution is -2.29. The average molecular weight is 335 g/mol. The summed E-state index contributed by atoms with van der Waals surface area (Å²) in [7, 11) is 0. The van der Waals surface area contributed by atoms with Gasteiger partial charge >= 0.3 is 0 Å². The number of carbonyl (C=O) groups excluding carboxylic acids is 1. The van der Waals surface area contributed by atoms with Crippen LogP contribution < -0.4 is 15.6 Å². The van der Waals surface area contributed by atoms with Crippen molar-refractivity contribution in [2.45, 2.75) is 6.92 Å².